The smallest absolute Gasteiger partial charge is 0.261 e. The Bertz CT molecular complexity index is 928. The van der Waals surface area contributed by atoms with Gasteiger partial charge >= 0.3 is 0 Å². The van der Waals surface area contributed by atoms with E-state index in [4.69, 9.17) is 4.74 Å². The minimum atomic E-state index is -3.18. The van der Waals surface area contributed by atoms with Crippen molar-refractivity contribution in [3.63, 3.8) is 0 Å². The van der Waals surface area contributed by atoms with Crippen LogP contribution in [0.1, 0.15) is 24.5 Å². The molecule has 1 saturated heterocycles. The van der Waals surface area contributed by atoms with Crippen molar-refractivity contribution in [2.24, 2.45) is 0 Å². The highest BCUT2D eigenvalue weighted by Crippen LogP contribution is 2.22. The number of hydrogen-bond acceptors (Lipinski definition) is 4. The molecular weight excluding hydrogens is 381 g/mol. The molecule has 2 aromatic rings. The SMILES string of the molecule is CCc1ccc(OCC(=O)N(Cc2ccccc2F)[C@H]2CCS(=O)(=O)C2)cc1. The fourth-order valence-electron chi connectivity index (χ4n) is 3.30. The van der Waals surface area contributed by atoms with Crippen molar-refractivity contribution in [1.82, 2.24) is 4.90 Å². The predicted octanol–water partition coefficient (Wildman–Crippen LogP) is 2.98. The van der Waals surface area contributed by atoms with E-state index in [1.807, 2.05) is 12.1 Å². The Labute approximate surface area is 165 Å². The molecule has 0 aliphatic carbocycles. The Balaban J connectivity index is 1.73. The summed E-state index contributed by atoms with van der Waals surface area (Å²) < 4.78 is 43.4. The number of sulfone groups is 1. The van der Waals surface area contributed by atoms with Crippen LogP contribution < -0.4 is 4.74 Å². The molecule has 28 heavy (non-hydrogen) atoms. The van der Waals surface area contributed by atoms with Gasteiger partial charge in [0.2, 0.25) is 0 Å². The summed E-state index contributed by atoms with van der Waals surface area (Å²) in [5, 5.41) is 0. The van der Waals surface area contributed by atoms with Gasteiger partial charge in [-0.15, -0.1) is 0 Å². The van der Waals surface area contributed by atoms with E-state index >= 15 is 0 Å². The maximum absolute atomic E-state index is 14.1. The first kappa shape index (κ1) is 20.3. The molecule has 0 bridgehead atoms. The van der Waals surface area contributed by atoms with E-state index in [0.717, 1.165) is 12.0 Å². The van der Waals surface area contributed by atoms with Crippen molar-refractivity contribution in [3.8, 4) is 5.75 Å². The number of nitrogens with zero attached hydrogens (tertiary/aromatic N) is 1. The van der Waals surface area contributed by atoms with Gasteiger partial charge in [-0.1, -0.05) is 37.3 Å². The molecule has 0 saturated carbocycles. The Kier molecular flexibility index (Phi) is 6.34. The van der Waals surface area contributed by atoms with Crippen LogP contribution in [0.2, 0.25) is 0 Å². The highest BCUT2D eigenvalue weighted by atomic mass is 32.2. The number of aryl methyl sites for hydroxylation is 1. The summed E-state index contributed by atoms with van der Waals surface area (Å²) in [6, 6.07) is 13.2. The highest BCUT2D eigenvalue weighted by Gasteiger charge is 2.35. The maximum atomic E-state index is 14.1. The van der Waals surface area contributed by atoms with Gasteiger partial charge in [0.05, 0.1) is 11.5 Å². The van der Waals surface area contributed by atoms with Gasteiger partial charge in [0.25, 0.3) is 5.91 Å². The third-order valence-corrected chi connectivity index (χ3v) is 6.71. The van der Waals surface area contributed by atoms with E-state index in [9.17, 15) is 17.6 Å². The van der Waals surface area contributed by atoms with Gasteiger partial charge in [0, 0.05) is 18.2 Å². The number of ether oxygens (including phenoxy) is 1. The van der Waals surface area contributed by atoms with Crippen molar-refractivity contribution < 1.29 is 22.3 Å². The molecule has 3 rings (SSSR count). The number of hydrogen-bond donors (Lipinski definition) is 0. The minimum absolute atomic E-state index is 0.0177. The Morgan fingerprint density at radius 2 is 1.89 bits per heavy atom. The molecule has 0 aromatic heterocycles. The van der Waals surface area contributed by atoms with Crippen molar-refractivity contribution in [1.29, 1.82) is 0 Å². The second kappa shape index (κ2) is 8.73. The zero-order chi connectivity index (χ0) is 20.1. The van der Waals surface area contributed by atoms with E-state index in [0.29, 0.717) is 17.7 Å². The molecule has 0 N–H and O–H groups in total. The first-order valence-electron chi connectivity index (χ1n) is 9.33. The minimum Gasteiger partial charge on any atom is -0.484 e. The molecule has 1 fully saturated rings. The van der Waals surface area contributed by atoms with Gasteiger partial charge in [-0.3, -0.25) is 4.79 Å². The fraction of sp³-hybridized carbons (Fsp3) is 0.381. The molecule has 0 unspecified atom stereocenters. The third-order valence-electron chi connectivity index (χ3n) is 4.96. The van der Waals surface area contributed by atoms with Gasteiger partial charge in [-0.25, -0.2) is 12.8 Å². The van der Waals surface area contributed by atoms with Gasteiger partial charge in [-0.05, 0) is 36.6 Å². The van der Waals surface area contributed by atoms with Gasteiger partial charge in [0.1, 0.15) is 11.6 Å². The second-order valence-corrected chi connectivity index (χ2v) is 9.18. The summed E-state index contributed by atoms with van der Waals surface area (Å²) in [7, 11) is -3.18. The molecule has 0 spiro atoms. The number of halogens is 1. The number of benzene rings is 2. The molecule has 150 valence electrons. The van der Waals surface area contributed by atoms with E-state index in [2.05, 4.69) is 6.92 Å². The lowest BCUT2D eigenvalue weighted by atomic mass is 10.1. The van der Waals surface area contributed by atoms with Crippen molar-refractivity contribution in [2.45, 2.75) is 32.4 Å². The monoisotopic (exact) mass is 405 g/mol. The zero-order valence-electron chi connectivity index (χ0n) is 15.8. The molecule has 1 amide bonds. The van der Waals surface area contributed by atoms with Crippen LogP contribution in [0.5, 0.6) is 5.75 Å². The predicted molar refractivity (Wildman–Crippen MR) is 105 cm³/mol. The van der Waals surface area contributed by atoms with Crippen molar-refractivity contribution in [2.75, 3.05) is 18.1 Å². The normalized spacial score (nSPS) is 18.0. The van der Waals surface area contributed by atoms with Crippen LogP contribution in [0.4, 0.5) is 4.39 Å². The molecule has 1 atom stereocenters. The summed E-state index contributed by atoms with van der Waals surface area (Å²) in [4.78, 5) is 14.3. The standard InChI is InChI=1S/C21H24FNO4S/c1-2-16-7-9-19(10-8-16)27-14-21(24)23(18-11-12-28(25,26)15-18)13-17-5-3-4-6-20(17)22/h3-10,18H,2,11-15H2,1H3/t18-/m0/s1. The lowest BCUT2D eigenvalue weighted by molar-refractivity contribution is -0.136. The van der Waals surface area contributed by atoms with E-state index in [1.165, 1.54) is 11.0 Å². The molecule has 5 nitrogen and oxygen atoms in total. The van der Waals surface area contributed by atoms with E-state index in [-0.39, 0.29) is 30.6 Å². The molecule has 1 aliphatic rings. The van der Waals surface area contributed by atoms with Crippen LogP contribution in [0.25, 0.3) is 0 Å². The van der Waals surface area contributed by atoms with Crippen molar-refractivity contribution in [3.05, 3.63) is 65.5 Å². The summed E-state index contributed by atoms with van der Waals surface area (Å²) in [6.07, 6.45) is 1.26. The molecular formula is C21H24FNO4S. The maximum Gasteiger partial charge on any atom is 0.261 e. The van der Waals surface area contributed by atoms with Crippen LogP contribution in [0.3, 0.4) is 0 Å². The average Bonchev–Trinajstić information content (AvgIpc) is 3.05. The zero-order valence-corrected chi connectivity index (χ0v) is 16.6. The second-order valence-electron chi connectivity index (χ2n) is 6.96. The lowest BCUT2D eigenvalue weighted by Crippen LogP contribution is -2.43. The third kappa shape index (κ3) is 5.10. The quantitative estimate of drug-likeness (QED) is 0.710. The topological polar surface area (TPSA) is 63.7 Å². The number of carbonyl (C=O) groups excluding carboxylic acids is 1. The van der Waals surface area contributed by atoms with Crippen molar-refractivity contribution >= 4 is 15.7 Å². The summed E-state index contributed by atoms with van der Waals surface area (Å²) in [5.74, 6) is -0.270. The number of rotatable bonds is 7. The van der Waals surface area contributed by atoms with Gasteiger partial charge in [-0.2, -0.15) is 0 Å². The lowest BCUT2D eigenvalue weighted by Gasteiger charge is -2.28. The summed E-state index contributed by atoms with van der Waals surface area (Å²) in [5.41, 5.74) is 1.52. The Morgan fingerprint density at radius 1 is 1.18 bits per heavy atom. The largest absolute Gasteiger partial charge is 0.484 e. The fourth-order valence-corrected chi connectivity index (χ4v) is 5.03. The Hall–Kier alpha value is -2.41. The van der Waals surface area contributed by atoms with E-state index in [1.54, 1.807) is 30.3 Å². The van der Waals surface area contributed by atoms with Crippen LogP contribution in [0, 0.1) is 5.82 Å². The van der Waals surface area contributed by atoms with Crippen LogP contribution in [-0.2, 0) is 27.6 Å². The summed E-state index contributed by atoms with van der Waals surface area (Å²) in [6.45, 7) is 1.84. The van der Waals surface area contributed by atoms with Crippen LogP contribution in [-0.4, -0.2) is 43.4 Å². The molecule has 2 aromatic carbocycles. The Morgan fingerprint density at radius 3 is 2.50 bits per heavy atom. The van der Waals surface area contributed by atoms with Crippen LogP contribution in [0.15, 0.2) is 48.5 Å². The van der Waals surface area contributed by atoms with Crippen LogP contribution >= 0.6 is 0 Å². The molecule has 1 aliphatic heterocycles. The number of amides is 1. The first-order chi connectivity index (χ1) is 13.4. The number of carbonyl (C=O) groups is 1. The van der Waals surface area contributed by atoms with E-state index < -0.39 is 21.7 Å². The first-order valence-corrected chi connectivity index (χ1v) is 11.1. The molecule has 0 radical (unpaired) electrons. The highest BCUT2D eigenvalue weighted by molar-refractivity contribution is 7.91. The van der Waals surface area contributed by atoms with Gasteiger partial charge in [0.15, 0.2) is 16.4 Å². The molecule has 7 heteroatoms. The molecule has 1 heterocycles. The van der Waals surface area contributed by atoms with Gasteiger partial charge < -0.3 is 9.64 Å². The average molecular weight is 405 g/mol. The summed E-state index contributed by atoms with van der Waals surface area (Å²) >= 11 is 0.